The summed E-state index contributed by atoms with van der Waals surface area (Å²) in [6, 6.07) is 5.33. The number of fused-ring (bicyclic) bond motifs is 2. The van der Waals surface area contributed by atoms with Gasteiger partial charge in [-0.1, -0.05) is 6.07 Å². The Morgan fingerprint density at radius 1 is 1.35 bits per heavy atom. The summed E-state index contributed by atoms with van der Waals surface area (Å²) in [7, 11) is 0. The molecule has 0 saturated carbocycles. The van der Waals surface area contributed by atoms with Gasteiger partial charge in [0.25, 0.3) is 11.9 Å². The van der Waals surface area contributed by atoms with Crippen LogP contribution in [0.3, 0.4) is 0 Å². The zero-order chi connectivity index (χ0) is 16.0. The monoisotopic (exact) mass is 309 g/mol. The summed E-state index contributed by atoms with van der Waals surface area (Å²) >= 11 is 0. The van der Waals surface area contributed by atoms with Crippen molar-refractivity contribution in [2.45, 2.75) is 19.9 Å². The van der Waals surface area contributed by atoms with Crippen molar-refractivity contribution in [2.24, 2.45) is 0 Å². The third-order valence-electron chi connectivity index (χ3n) is 4.17. The van der Waals surface area contributed by atoms with Crippen LogP contribution in [0.1, 0.15) is 27.3 Å². The number of aromatic nitrogens is 3. The maximum absolute atomic E-state index is 12.9. The summed E-state index contributed by atoms with van der Waals surface area (Å²) in [5, 5.41) is 0. The van der Waals surface area contributed by atoms with Crippen molar-refractivity contribution in [3.05, 3.63) is 47.0 Å². The highest BCUT2D eigenvalue weighted by Crippen LogP contribution is 2.25. The van der Waals surface area contributed by atoms with Crippen molar-refractivity contribution in [1.29, 1.82) is 0 Å². The molecule has 2 aromatic heterocycles. The van der Waals surface area contributed by atoms with E-state index in [4.69, 9.17) is 10.2 Å². The molecular formula is C16H15N5O2. The number of anilines is 1. The van der Waals surface area contributed by atoms with Crippen molar-refractivity contribution in [2.75, 3.05) is 12.3 Å². The Bertz CT molecular complexity index is 918. The molecule has 0 radical (unpaired) electrons. The second-order valence-corrected chi connectivity index (χ2v) is 5.57. The molecule has 1 amide bonds. The van der Waals surface area contributed by atoms with Crippen LogP contribution in [0.15, 0.2) is 28.9 Å². The number of nitrogen functional groups attached to an aromatic ring is 1. The molecule has 0 fully saturated rings. The SMILES string of the molecule is Cc1ncnc2c1CN(C(=O)c1cccc3oc(N)nc13)CC2. The van der Waals surface area contributed by atoms with E-state index in [0.717, 1.165) is 23.4 Å². The summed E-state index contributed by atoms with van der Waals surface area (Å²) < 4.78 is 5.30. The lowest BCUT2D eigenvalue weighted by atomic mass is 10.0. The fourth-order valence-electron chi connectivity index (χ4n) is 2.96. The van der Waals surface area contributed by atoms with Crippen LogP contribution in [-0.4, -0.2) is 32.3 Å². The van der Waals surface area contributed by atoms with Crippen molar-refractivity contribution in [1.82, 2.24) is 19.9 Å². The van der Waals surface area contributed by atoms with E-state index in [1.54, 1.807) is 29.4 Å². The summed E-state index contributed by atoms with van der Waals surface area (Å²) in [5.74, 6) is -0.0854. The molecule has 0 aliphatic carbocycles. The van der Waals surface area contributed by atoms with Crippen molar-refractivity contribution in [3.8, 4) is 0 Å². The molecule has 0 spiro atoms. The molecule has 116 valence electrons. The highest BCUT2D eigenvalue weighted by Gasteiger charge is 2.26. The van der Waals surface area contributed by atoms with Crippen LogP contribution in [0.2, 0.25) is 0 Å². The van der Waals surface area contributed by atoms with E-state index in [1.807, 2.05) is 6.92 Å². The first-order valence-electron chi connectivity index (χ1n) is 7.37. The standard InChI is InChI=1S/C16H15N5O2/c1-9-11-7-21(6-5-12(11)19-8-18-9)15(22)10-3-2-4-13-14(10)20-16(17)23-13/h2-4,8H,5-7H2,1H3,(H2,17,20). The Morgan fingerprint density at radius 3 is 3.09 bits per heavy atom. The minimum absolute atomic E-state index is 0.0634. The van der Waals surface area contributed by atoms with Crippen LogP contribution in [0, 0.1) is 6.92 Å². The molecule has 0 bridgehead atoms. The molecule has 7 heteroatoms. The van der Waals surface area contributed by atoms with Crippen LogP contribution in [-0.2, 0) is 13.0 Å². The number of oxazole rings is 1. The fraction of sp³-hybridized carbons (Fsp3) is 0.250. The van der Waals surface area contributed by atoms with Gasteiger partial charge in [-0.2, -0.15) is 4.98 Å². The molecule has 1 aliphatic rings. The Kier molecular flexibility index (Phi) is 3.00. The van der Waals surface area contributed by atoms with Crippen molar-refractivity contribution < 1.29 is 9.21 Å². The molecule has 3 heterocycles. The smallest absolute Gasteiger partial charge is 0.293 e. The number of aryl methyl sites for hydroxylation is 1. The zero-order valence-electron chi connectivity index (χ0n) is 12.6. The van der Waals surface area contributed by atoms with Crippen molar-refractivity contribution in [3.63, 3.8) is 0 Å². The molecule has 3 aromatic rings. The van der Waals surface area contributed by atoms with Gasteiger partial charge in [0.1, 0.15) is 11.8 Å². The van der Waals surface area contributed by atoms with E-state index >= 15 is 0 Å². The first-order chi connectivity index (χ1) is 11.1. The van der Waals surface area contributed by atoms with E-state index in [1.165, 1.54) is 0 Å². The summed E-state index contributed by atoms with van der Waals surface area (Å²) in [6.07, 6.45) is 2.30. The first-order valence-corrected chi connectivity index (χ1v) is 7.37. The number of nitrogens with two attached hydrogens (primary N) is 1. The molecular weight excluding hydrogens is 294 g/mol. The summed E-state index contributed by atoms with van der Waals surface area (Å²) in [5.41, 5.74) is 10.1. The number of carbonyl (C=O) groups is 1. The number of carbonyl (C=O) groups excluding carboxylic acids is 1. The molecule has 4 rings (SSSR count). The minimum atomic E-state index is -0.0854. The molecule has 1 aromatic carbocycles. The van der Waals surface area contributed by atoms with Gasteiger partial charge in [-0.05, 0) is 19.1 Å². The largest absolute Gasteiger partial charge is 0.424 e. The average molecular weight is 309 g/mol. The third kappa shape index (κ3) is 2.21. The first kappa shape index (κ1) is 13.7. The van der Waals surface area contributed by atoms with Gasteiger partial charge in [0.2, 0.25) is 0 Å². The van der Waals surface area contributed by atoms with Crippen LogP contribution >= 0.6 is 0 Å². The second-order valence-electron chi connectivity index (χ2n) is 5.57. The normalized spacial score (nSPS) is 14.0. The van der Waals surface area contributed by atoms with Gasteiger partial charge in [-0.15, -0.1) is 0 Å². The summed E-state index contributed by atoms with van der Waals surface area (Å²) in [6.45, 7) is 3.06. The lowest BCUT2D eigenvalue weighted by Gasteiger charge is -2.28. The van der Waals surface area contributed by atoms with E-state index in [2.05, 4.69) is 15.0 Å². The predicted molar refractivity (Wildman–Crippen MR) is 83.6 cm³/mol. The topological polar surface area (TPSA) is 98.1 Å². The number of benzene rings is 1. The number of rotatable bonds is 1. The Morgan fingerprint density at radius 2 is 2.22 bits per heavy atom. The Balaban J connectivity index is 1.71. The van der Waals surface area contributed by atoms with Crippen LogP contribution in [0.25, 0.3) is 11.1 Å². The highest BCUT2D eigenvalue weighted by molar-refractivity contribution is 6.04. The van der Waals surface area contributed by atoms with Crippen molar-refractivity contribution >= 4 is 23.0 Å². The minimum Gasteiger partial charge on any atom is -0.424 e. The van der Waals surface area contributed by atoms with E-state index in [0.29, 0.717) is 29.8 Å². The van der Waals surface area contributed by atoms with Gasteiger partial charge in [-0.3, -0.25) is 4.79 Å². The van der Waals surface area contributed by atoms with E-state index in [9.17, 15) is 4.79 Å². The number of para-hydroxylation sites is 1. The number of hydrogen-bond donors (Lipinski definition) is 1. The van der Waals surface area contributed by atoms with Gasteiger partial charge < -0.3 is 15.1 Å². The number of hydrogen-bond acceptors (Lipinski definition) is 6. The fourth-order valence-corrected chi connectivity index (χ4v) is 2.96. The van der Waals surface area contributed by atoms with Crippen LogP contribution < -0.4 is 5.73 Å². The Hall–Kier alpha value is -2.96. The molecule has 1 aliphatic heterocycles. The summed E-state index contributed by atoms with van der Waals surface area (Å²) in [4.78, 5) is 27.4. The average Bonchev–Trinajstić information content (AvgIpc) is 2.94. The van der Waals surface area contributed by atoms with Gasteiger partial charge in [0.15, 0.2) is 5.58 Å². The van der Waals surface area contributed by atoms with Gasteiger partial charge in [-0.25, -0.2) is 9.97 Å². The molecule has 0 atom stereocenters. The zero-order valence-corrected chi connectivity index (χ0v) is 12.6. The molecule has 0 saturated heterocycles. The maximum Gasteiger partial charge on any atom is 0.293 e. The quantitative estimate of drug-likeness (QED) is 0.734. The predicted octanol–water partition coefficient (Wildman–Crippen LogP) is 1.71. The second kappa shape index (κ2) is 5.05. The molecule has 23 heavy (non-hydrogen) atoms. The molecule has 2 N–H and O–H groups in total. The van der Waals surface area contributed by atoms with E-state index < -0.39 is 0 Å². The lowest BCUT2D eigenvalue weighted by Crippen LogP contribution is -2.37. The number of nitrogens with zero attached hydrogens (tertiary/aromatic N) is 4. The van der Waals surface area contributed by atoms with Crippen LogP contribution in [0.4, 0.5) is 6.01 Å². The molecule has 7 nitrogen and oxygen atoms in total. The molecule has 0 unspecified atom stereocenters. The van der Waals surface area contributed by atoms with Gasteiger partial charge in [0, 0.05) is 30.8 Å². The van der Waals surface area contributed by atoms with Gasteiger partial charge >= 0.3 is 0 Å². The third-order valence-corrected chi connectivity index (χ3v) is 4.17. The maximum atomic E-state index is 12.9. The Labute approximate surface area is 132 Å². The van der Waals surface area contributed by atoms with Gasteiger partial charge in [0.05, 0.1) is 11.3 Å². The van der Waals surface area contributed by atoms with Crippen LogP contribution in [0.5, 0.6) is 0 Å². The van der Waals surface area contributed by atoms with E-state index in [-0.39, 0.29) is 11.9 Å². The lowest BCUT2D eigenvalue weighted by molar-refractivity contribution is 0.0734. The highest BCUT2D eigenvalue weighted by atomic mass is 16.4. The number of amides is 1.